The van der Waals surface area contributed by atoms with Crippen molar-refractivity contribution in [1.29, 1.82) is 0 Å². The van der Waals surface area contributed by atoms with E-state index in [2.05, 4.69) is 15.7 Å². The average molecular weight is 536 g/mol. The van der Waals surface area contributed by atoms with E-state index in [1.807, 2.05) is 27.7 Å². The Labute approximate surface area is 223 Å². The zero-order chi connectivity index (χ0) is 28.6. The van der Waals surface area contributed by atoms with E-state index in [0.717, 1.165) is 36.4 Å². The van der Waals surface area contributed by atoms with Gasteiger partial charge in [0.15, 0.2) is 0 Å². The molecule has 10 nitrogen and oxygen atoms in total. The van der Waals surface area contributed by atoms with Crippen molar-refractivity contribution in [3.8, 4) is 11.4 Å². The first-order chi connectivity index (χ1) is 17.8. The number of ether oxygens (including phenoxy) is 2. The van der Waals surface area contributed by atoms with Gasteiger partial charge in [-0.1, -0.05) is 27.2 Å². The van der Waals surface area contributed by atoms with Crippen molar-refractivity contribution in [3.05, 3.63) is 39.8 Å². The Balaban J connectivity index is 2.40. The lowest BCUT2D eigenvalue weighted by Gasteiger charge is -2.20. The molecule has 0 bridgehead atoms. The Hall–Kier alpha value is -3.37. The summed E-state index contributed by atoms with van der Waals surface area (Å²) >= 11 is 0. The summed E-state index contributed by atoms with van der Waals surface area (Å²) in [7, 11) is 1.52. The second-order valence-electron chi connectivity index (χ2n) is 10.4. The highest BCUT2D eigenvalue weighted by Crippen LogP contribution is 2.27. The SMILES string of the molecule is CCC[C@H](C)Oc1cc(-n2nc(CCNC(=O)OC(C)(C)C)n(C)c2=O)c(F)cc1C(=O)NC(CC)CC. The maximum Gasteiger partial charge on any atom is 0.407 e. The van der Waals surface area contributed by atoms with Crippen LogP contribution in [0.1, 0.15) is 90.3 Å². The Morgan fingerprint density at radius 1 is 1.16 bits per heavy atom. The molecule has 0 aliphatic heterocycles. The first kappa shape index (κ1) is 30.9. The Morgan fingerprint density at radius 2 is 1.82 bits per heavy atom. The van der Waals surface area contributed by atoms with Gasteiger partial charge in [-0.15, -0.1) is 5.10 Å². The highest BCUT2D eigenvalue weighted by atomic mass is 19.1. The average Bonchev–Trinajstić information content (AvgIpc) is 3.10. The van der Waals surface area contributed by atoms with Gasteiger partial charge in [-0.3, -0.25) is 9.36 Å². The Kier molecular flexibility index (Phi) is 10.9. The van der Waals surface area contributed by atoms with Gasteiger partial charge >= 0.3 is 11.8 Å². The van der Waals surface area contributed by atoms with E-state index < -0.39 is 29.1 Å². The molecule has 0 fully saturated rings. The molecule has 2 amide bonds. The molecule has 0 unspecified atom stereocenters. The molecule has 0 aliphatic carbocycles. The van der Waals surface area contributed by atoms with Gasteiger partial charge < -0.3 is 20.1 Å². The number of nitrogens with one attached hydrogen (secondary N) is 2. The van der Waals surface area contributed by atoms with Gasteiger partial charge in [-0.25, -0.2) is 14.0 Å². The number of alkyl carbamates (subject to hydrolysis) is 1. The van der Waals surface area contributed by atoms with Gasteiger partial charge in [-0.05, 0) is 53.0 Å². The van der Waals surface area contributed by atoms with Crippen molar-refractivity contribution >= 4 is 12.0 Å². The number of benzene rings is 1. The maximum absolute atomic E-state index is 15.4. The first-order valence-corrected chi connectivity index (χ1v) is 13.2. The quantitative estimate of drug-likeness (QED) is 0.419. The highest BCUT2D eigenvalue weighted by Gasteiger charge is 2.23. The number of rotatable bonds is 12. The minimum atomic E-state index is -0.783. The molecule has 1 heterocycles. The molecule has 1 aromatic heterocycles. The lowest BCUT2D eigenvalue weighted by molar-refractivity contribution is 0.0528. The van der Waals surface area contributed by atoms with Gasteiger partial charge in [0, 0.05) is 32.1 Å². The molecule has 0 spiro atoms. The van der Waals surface area contributed by atoms with Crippen LogP contribution in [0.25, 0.3) is 5.69 Å². The predicted molar refractivity (Wildman–Crippen MR) is 144 cm³/mol. The monoisotopic (exact) mass is 535 g/mol. The summed E-state index contributed by atoms with van der Waals surface area (Å²) in [5, 5.41) is 9.83. The van der Waals surface area contributed by atoms with Crippen LogP contribution in [0.15, 0.2) is 16.9 Å². The fourth-order valence-electron chi connectivity index (χ4n) is 3.86. The maximum atomic E-state index is 15.4. The van der Waals surface area contributed by atoms with Crippen LogP contribution in [-0.4, -0.2) is 50.6 Å². The van der Waals surface area contributed by atoms with Crippen molar-refractivity contribution in [2.75, 3.05) is 6.54 Å². The molecule has 2 aromatic rings. The van der Waals surface area contributed by atoms with Crippen molar-refractivity contribution < 1.29 is 23.5 Å². The van der Waals surface area contributed by atoms with Crippen LogP contribution in [0.3, 0.4) is 0 Å². The van der Waals surface area contributed by atoms with E-state index in [0.29, 0.717) is 5.82 Å². The van der Waals surface area contributed by atoms with Crippen molar-refractivity contribution in [3.63, 3.8) is 0 Å². The smallest absolute Gasteiger partial charge is 0.407 e. The van der Waals surface area contributed by atoms with Crippen LogP contribution in [0.5, 0.6) is 5.75 Å². The topological polar surface area (TPSA) is 116 Å². The molecule has 212 valence electrons. The number of nitrogens with zero attached hydrogens (tertiary/aromatic N) is 3. The largest absolute Gasteiger partial charge is 0.490 e. The molecule has 11 heteroatoms. The third-order valence-corrected chi connectivity index (χ3v) is 5.95. The van der Waals surface area contributed by atoms with Crippen LogP contribution < -0.4 is 21.1 Å². The van der Waals surface area contributed by atoms with E-state index in [9.17, 15) is 14.4 Å². The van der Waals surface area contributed by atoms with E-state index in [4.69, 9.17) is 9.47 Å². The molecule has 1 aromatic carbocycles. The van der Waals surface area contributed by atoms with Gasteiger partial charge in [-0.2, -0.15) is 4.68 Å². The van der Waals surface area contributed by atoms with E-state index in [-0.39, 0.29) is 42.1 Å². The molecule has 0 aliphatic rings. The number of aromatic nitrogens is 3. The molecule has 38 heavy (non-hydrogen) atoms. The summed E-state index contributed by atoms with van der Waals surface area (Å²) in [5.41, 5.74) is -1.28. The fraction of sp³-hybridized carbons (Fsp3) is 0.630. The number of amides is 2. The van der Waals surface area contributed by atoms with Crippen molar-refractivity contribution in [1.82, 2.24) is 25.0 Å². The third kappa shape index (κ3) is 8.32. The standard InChI is InChI=1S/C27H42FN5O5/c1-9-12-17(4)37-22-16-21(20(28)15-19(22)24(34)30-18(10-2)11-3)33-26(36)32(8)23(31-33)13-14-29-25(35)38-27(5,6)7/h15-18H,9-14H2,1-8H3,(H,29,35)(H,30,34)/t17-/m0/s1. The van der Waals surface area contributed by atoms with Crippen LogP contribution in [0.2, 0.25) is 0 Å². The zero-order valence-electron chi connectivity index (χ0n) is 23.8. The van der Waals surface area contributed by atoms with Gasteiger partial charge in [0.05, 0.1) is 11.7 Å². The summed E-state index contributed by atoms with van der Waals surface area (Å²) in [6.45, 7) is 13.3. The summed E-state index contributed by atoms with van der Waals surface area (Å²) in [5.74, 6) is -0.710. The van der Waals surface area contributed by atoms with Crippen molar-refractivity contribution in [2.45, 2.75) is 98.3 Å². The predicted octanol–water partition coefficient (Wildman–Crippen LogP) is 4.26. The summed E-state index contributed by atoms with van der Waals surface area (Å²) in [6.07, 6.45) is 2.47. The molecule has 2 N–H and O–H groups in total. The van der Waals surface area contributed by atoms with E-state index in [1.54, 1.807) is 20.8 Å². The molecule has 0 radical (unpaired) electrons. The number of hydrogen-bond donors (Lipinski definition) is 2. The van der Waals surface area contributed by atoms with Crippen LogP contribution >= 0.6 is 0 Å². The molecule has 1 atom stereocenters. The van der Waals surface area contributed by atoms with Crippen molar-refractivity contribution in [2.24, 2.45) is 7.05 Å². The van der Waals surface area contributed by atoms with Gasteiger partial charge in [0.2, 0.25) is 0 Å². The highest BCUT2D eigenvalue weighted by molar-refractivity contribution is 5.97. The van der Waals surface area contributed by atoms with E-state index in [1.165, 1.54) is 17.7 Å². The minimum absolute atomic E-state index is 0.0542. The Bertz CT molecular complexity index is 1160. The summed E-state index contributed by atoms with van der Waals surface area (Å²) < 4.78 is 28.9. The Morgan fingerprint density at radius 3 is 2.39 bits per heavy atom. The number of hydrogen-bond acceptors (Lipinski definition) is 6. The van der Waals surface area contributed by atoms with Crippen LogP contribution in [0.4, 0.5) is 9.18 Å². The van der Waals surface area contributed by atoms with Gasteiger partial charge in [0.25, 0.3) is 5.91 Å². The summed E-state index contributed by atoms with van der Waals surface area (Å²) in [6, 6.07) is 2.38. The minimum Gasteiger partial charge on any atom is -0.490 e. The zero-order valence-corrected chi connectivity index (χ0v) is 23.8. The molecule has 0 saturated carbocycles. The third-order valence-electron chi connectivity index (χ3n) is 5.95. The molecular formula is C27H42FN5O5. The van der Waals surface area contributed by atoms with E-state index >= 15 is 4.39 Å². The van der Waals surface area contributed by atoms with Gasteiger partial charge in [0.1, 0.15) is 28.7 Å². The second-order valence-corrected chi connectivity index (χ2v) is 10.4. The number of halogens is 1. The second kappa shape index (κ2) is 13.4. The van der Waals surface area contributed by atoms with Crippen LogP contribution in [0, 0.1) is 5.82 Å². The normalized spacial score (nSPS) is 12.4. The van der Waals surface area contributed by atoms with Crippen LogP contribution in [-0.2, 0) is 18.2 Å². The lowest BCUT2D eigenvalue weighted by Crippen LogP contribution is -2.34. The first-order valence-electron chi connectivity index (χ1n) is 13.2. The molecular weight excluding hydrogens is 493 g/mol. The molecule has 2 rings (SSSR count). The summed E-state index contributed by atoms with van der Waals surface area (Å²) in [4.78, 5) is 37.9. The fourth-order valence-corrected chi connectivity index (χ4v) is 3.86. The lowest BCUT2D eigenvalue weighted by atomic mass is 10.1. The molecule has 0 saturated heterocycles. The number of carbonyl (C=O) groups excluding carboxylic acids is 2. The number of carbonyl (C=O) groups is 2.